The topological polar surface area (TPSA) is 29.5 Å². The molecule has 0 rings (SSSR count). The molecule has 0 aromatic heterocycles. The lowest BCUT2D eigenvalue weighted by Crippen LogP contribution is -2.09. The molecule has 10 heavy (non-hydrogen) atoms. The predicted molar refractivity (Wildman–Crippen MR) is 41.2 cm³/mol. The van der Waals surface area contributed by atoms with Gasteiger partial charge in [-0.3, -0.25) is 0 Å². The number of unbranched alkanes of at least 4 members (excludes halogenated alkanes) is 2. The Morgan fingerprint density at radius 1 is 1.50 bits per heavy atom. The highest BCUT2D eigenvalue weighted by Crippen LogP contribution is 1.98. The van der Waals surface area contributed by atoms with Crippen molar-refractivity contribution >= 4 is 0 Å². The third-order valence-electron chi connectivity index (χ3n) is 1.34. The normalized spacial score (nSPS) is 13.5. The van der Waals surface area contributed by atoms with Crippen LogP contribution in [0.2, 0.25) is 0 Å². The number of rotatable bonds is 6. The molecule has 2 heteroatoms. The fourth-order valence-corrected chi connectivity index (χ4v) is 0.664. The summed E-state index contributed by atoms with van der Waals surface area (Å²) in [6, 6.07) is 0. The second-order valence-electron chi connectivity index (χ2n) is 2.43. The van der Waals surface area contributed by atoms with Crippen molar-refractivity contribution in [2.45, 2.75) is 39.2 Å². The van der Waals surface area contributed by atoms with E-state index >= 15 is 0 Å². The van der Waals surface area contributed by atoms with Gasteiger partial charge in [0.1, 0.15) is 6.61 Å². The van der Waals surface area contributed by atoms with Gasteiger partial charge < -0.3 is 9.84 Å². The first-order valence-electron chi connectivity index (χ1n) is 3.90. The zero-order valence-electron chi connectivity index (χ0n) is 6.84. The molecule has 0 aromatic carbocycles. The minimum absolute atomic E-state index is 0.114. The first-order chi connectivity index (χ1) is 4.81. The quantitative estimate of drug-likeness (QED) is 0.580. The SMILES string of the molecule is CCCCCOC(C)[CH]O. The van der Waals surface area contributed by atoms with Crippen molar-refractivity contribution in [2.75, 3.05) is 6.61 Å². The maximum Gasteiger partial charge on any atom is 0.108 e. The fourth-order valence-electron chi connectivity index (χ4n) is 0.664. The van der Waals surface area contributed by atoms with Crippen LogP contribution in [0.15, 0.2) is 0 Å². The molecule has 0 saturated heterocycles. The Balaban J connectivity index is 2.89. The molecule has 61 valence electrons. The molecule has 0 aliphatic rings. The van der Waals surface area contributed by atoms with Crippen molar-refractivity contribution in [3.8, 4) is 0 Å². The molecule has 1 radical (unpaired) electrons. The highest BCUT2D eigenvalue weighted by molar-refractivity contribution is 4.57. The van der Waals surface area contributed by atoms with Crippen molar-refractivity contribution in [3.05, 3.63) is 6.61 Å². The number of ether oxygens (including phenoxy) is 1. The van der Waals surface area contributed by atoms with E-state index in [1.807, 2.05) is 6.92 Å². The van der Waals surface area contributed by atoms with E-state index in [0.29, 0.717) is 0 Å². The van der Waals surface area contributed by atoms with Gasteiger partial charge in [-0.2, -0.15) is 0 Å². The molecule has 0 aromatic rings. The van der Waals surface area contributed by atoms with E-state index in [2.05, 4.69) is 6.92 Å². The van der Waals surface area contributed by atoms with Crippen molar-refractivity contribution < 1.29 is 9.84 Å². The van der Waals surface area contributed by atoms with Crippen LogP contribution in [0.25, 0.3) is 0 Å². The number of hydrogen-bond acceptors (Lipinski definition) is 2. The molecule has 0 amide bonds. The molecule has 0 aliphatic carbocycles. The Morgan fingerprint density at radius 3 is 2.70 bits per heavy atom. The fraction of sp³-hybridized carbons (Fsp3) is 0.875. The second-order valence-corrected chi connectivity index (χ2v) is 2.43. The Kier molecular flexibility index (Phi) is 6.98. The van der Waals surface area contributed by atoms with Crippen LogP contribution in [0.5, 0.6) is 0 Å². The van der Waals surface area contributed by atoms with Crippen molar-refractivity contribution in [3.63, 3.8) is 0 Å². The summed E-state index contributed by atoms with van der Waals surface area (Å²) in [5, 5.41) is 8.44. The summed E-state index contributed by atoms with van der Waals surface area (Å²) >= 11 is 0. The third-order valence-corrected chi connectivity index (χ3v) is 1.34. The summed E-state index contributed by atoms with van der Waals surface area (Å²) in [6.07, 6.45) is 3.39. The monoisotopic (exact) mass is 145 g/mol. The lowest BCUT2D eigenvalue weighted by atomic mass is 10.3. The molecule has 1 N–H and O–H groups in total. The first kappa shape index (κ1) is 9.92. The van der Waals surface area contributed by atoms with Crippen molar-refractivity contribution in [1.82, 2.24) is 0 Å². The smallest absolute Gasteiger partial charge is 0.108 e. The van der Waals surface area contributed by atoms with Gasteiger partial charge in [-0.05, 0) is 13.3 Å². The summed E-state index contributed by atoms with van der Waals surface area (Å²) < 4.78 is 5.19. The van der Waals surface area contributed by atoms with E-state index < -0.39 is 0 Å². The molecule has 0 saturated carbocycles. The molecule has 1 unspecified atom stereocenters. The number of hydrogen-bond donors (Lipinski definition) is 1. The molecule has 0 fully saturated rings. The van der Waals surface area contributed by atoms with E-state index in [-0.39, 0.29) is 6.10 Å². The Morgan fingerprint density at radius 2 is 2.20 bits per heavy atom. The van der Waals surface area contributed by atoms with Gasteiger partial charge in [0.25, 0.3) is 0 Å². The standard InChI is InChI=1S/C8H17O2/c1-3-4-5-6-10-8(2)7-9/h7-9H,3-6H2,1-2H3. The molecule has 0 aliphatic heterocycles. The van der Waals surface area contributed by atoms with Crippen LogP contribution in [-0.2, 0) is 4.74 Å². The van der Waals surface area contributed by atoms with Crippen LogP contribution in [0.4, 0.5) is 0 Å². The van der Waals surface area contributed by atoms with Gasteiger partial charge in [-0.25, -0.2) is 0 Å². The summed E-state index contributed by atoms with van der Waals surface area (Å²) in [4.78, 5) is 0. The minimum Gasteiger partial charge on any atom is -0.388 e. The van der Waals surface area contributed by atoms with Crippen LogP contribution in [0, 0.1) is 6.61 Å². The molecule has 2 nitrogen and oxygen atoms in total. The molecule has 0 bridgehead atoms. The molecular formula is C8H17O2. The van der Waals surface area contributed by atoms with E-state index in [1.165, 1.54) is 12.8 Å². The van der Waals surface area contributed by atoms with Gasteiger partial charge in [0, 0.05) is 6.61 Å². The van der Waals surface area contributed by atoms with E-state index in [0.717, 1.165) is 19.6 Å². The Bertz CT molecular complexity index is 64.3. The van der Waals surface area contributed by atoms with Crippen molar-refractivity contribution in [1.29, 1.82) is 0 Å². The minimum atomic E-state index is -0.114. The van der Waals surface area contributed by atoms with Crippen molar-refractivity contribution in [2.24, 2.45) is 0 Å². The zero-order valence-corrected chi connectivity index (χ0v) is 6.84. The molecule has 1 atom stereocenters. The molecular weight excluding hydrogens is 128 g/mol. The second kappa shape index (κ2) is 7.03. The van der Waals surface area contributed by atoms with Gasteiger partial charge in [-0.15, -0.1) is 0 Å². The van der Waals surface area contributed by atoms with Crippen LogP contribution >= 0.6 is 0 Å². The van der Waals surface area contributed by atoms with Gasteiger partial charge in [0.15, 0.2) is 0 Å². The summed E-state index contributed by atoms with van der Waals surface area (Å²) in [6.45, 7) is 5.81. The highest BCUT2D eigenvalue weighted by atomic mass is 16.5. The Labute approximate surface area is 63.2 Å². The zero-order chi connectivity index (χ0) is 7.82. The molecule has 0 spiro atoms. The first-order valence-corrected chi connectivity index (χ1v) is 3.90. The van der Waals surface area contributed by atoms with Gasteiger partial charge in [0.05, 0.1) is 6.10 Å². The summed E-state index contributed by atoms with van der Waals surface area (Å²) in [7, 11) is 0. The average molecular weight is 145 g/mol. The lowest BCUT2D eigenvalue weighted by Gasteiger charge is -2.07. The van der Waals surface area contributed by atoms with Crippen LogP contribution in [0.3, 0.4) is 0 Å². The van der Waals surface area contributed by atoms with Gasteiger partial charge in [-0.1, -0.05) is 19.8 Å². The highest BCUT2D eigenvalue weighted by Gasteiger charge is 1.97. The summed E-state index contributed by atoms with van der Waals surface area (Å²) in [5.74, 6) is 0. The average Bonchev–Trinajstić information content (AvgIpc) is 1.98. The largest absolute Gasteiger partial charge is 0.388 e. The Hall–Kier alpha value is -0.0800. The van der Waals surface area contributed by atoms with Gasteiger partial charge >= 0.3 is 0 Å². The maximum atomic E-state index is 8.44. The van der Waals surface area contributed by atoms with Gasteiger partial charge in [0.2, 0.25) is 0 Å². The predicted octanol–water partition coefficient (Wildman–Crippen LogP) is 2.12. The van der Waals surface area contributed by atoms with E-state index in [9.17, 15) is 0 Å². The summed E-state index contributed by atoms with van der Waals surface area (Å²) in [5.41, 5.74) is 0. The van der Waals surface area contributed by atoms with Crippen LogP contribution in [0.1, 0.15) is 33.1 Å². The number of aliphatic hydroxyl groups is 1. The third kappa shape index (κ3) is 6.05. The van der Waals surface area contributed by atoms with Crippen LogP contribution < -0.4 is 0 Å². The molecule has 0 heterocycles. The lowest BCUT2D eigenvalue weighted by molar-refractivity contribution is 0.0537. The van der Waals surface area contributed by atoms with E-state index in [4.69, 9.17) is 9.84 Å². The van der Waals surface area contributed by atoms with Crippen LogP contribution in [-0.4, -0.2) is 17.8 Å². The van der Waals surface area contributed by atoms with E-state index in [1.54, 1.807) is 0 Å². The number of aliphatic hydroxyl groups excluding tert-OH is 1. The maximum absolute atomic E-state index is 8.44.